The molecule has 0 radical (unpaired) electrons. The van der Waals surface area contributed by atoms with Crippen molar-refractivity contribution in [2.75, 3.05) is 5.73 Å². The van der Waals surface area contributed by atoms with Gasteiger partial charge in [-0.25, -0.2) is 0 Å². The van der Waals surface area contributed by atoms with E-state index < -0.39 is 0 Å². The van der Waals surface area contributed by atoms with Crippen LogP contribution in [-0.4, -0.2) is 5.11 Å². The Morgan fingerprint density at radius 2 is 2.21 bits per heavy atom. The van der Waals surface area contributed by atoms with Crippen molar-refractivity contribution in [2.45, 2.75) is 0 Å². The lowest BCUT2D eigenvalue weighted by Gasteiger charge is -1.91. The molecule has 1 aromatic carbocycles. The highest BCUT2D eigenvalue weighted by Gasteiger charge is 2.09. The molecule has 0 atom stereocenters. The summed E-state index contributed by atoms with van der Waals surface area (Å²) < 4.78 is 6.21. The Kier molecular flexibility index (Phi) is 1.33. The summed E-state index contributed by atoms with van der Waals surface area (Å²) in [7, 11) is 0. The molecule has 4 heteroatoms. The number of nitrogen functional groups attached to an aromatic ring is 1. The van der Waals surface area contributed by atoms with Gasteiger partial charge in [-0.3, -0.25) is 0 Å². The van der Waals surface area contributed by atoms with Crippen LogP contribution in [0.4, 0.5) is 5.69 Å². The van der Waals surface area contributed by atoms with E-state index in [2.05, 4.69) is 0 Å². The van der Waals surface area contributed by atoms with Crippen molar-refractivity contribution in [3.63, 3.8) is 0 Å². The minimum Gasteiger partial charge on any atom is -0.498 e. The Balaban J connectivity index is 2.56. The molecule has 0 amide bonds. The third-order valence-corrected chi connectivity index (χ3v) is 3.25. The van der Waals surface area contributed by atoms with Crippen molar-refractivity contribution in [1.29, 1.82) is 0 Å². The highest BCUT2D eigenvalue weighted by molar-refractivity contribution is 7.21. The molecule has 2 heterocycles. The van der Waals surface area contributed by atoms with E-state index in [0.29, 0.717) is 5.69 Å². The molecule has 0 unspecified atom stereocenters. The Hall–Kier alpha value is -1.68. The zero-order valence-corrected chi connectivity index (χ0v) is 7.97. The maximum absolute atomic E-state index is 9.45. The first-order valence-electron chi connectivity index (χ1n) is 4.14. The van der Waals surface area contributed by atoms with E-state index in [4.69, 9.17) is 10.2 Å². The molecule has 0 bridgehead atoms. The molecule has 0 aliphatic rings. The topological polar surface area (TPSA) is 59.4 Å². The lowest BCUT2D eigenvalue weighted by Crippen LogP contribution is -1.80. The van der Waals surface area contributed by atoms with Gasteiger partial charge >= 0.3 is 0 Å². The van der Waals surface area contributed by atoms with Crippen LogP contribution >= 0.6 is 11.3 Å². The molecule has 0 saturated carbocycles. The zero-order valence-electron chi connectivity index (χ0n) is 7.15. The van der Waals surface area contributed by atoms with Gasteiger partial charge in [0.2, 0.25) is 0 Å². The SMILES string of the molecule is Nc1c(O)sc2cc3occc3cc12. The van der Waals surface area contributed by atoms with Gasteiger partial charge in [0.1, 0.15) is 5.58 Å². The summed E-state index contributed by atoms with van der Waals surface area (Å²) in [5.41, 5.74) is 7.00. The second kappa shape index (κ2) is 2.42. The average Bonchev–Trinajstić information content (AvgIpc) is 2.70. The molecule has 2 aromatic heterocycles. The minimum atomic E-state index is 0.174. The quantitative estimate of drug-likeness (QED) is 0.593. The zero-order chi connectivity index (χ0) is 9.71. The number of benzene rings is 1. The molecular formula is C10H7NO2S. The number of hydrogen-bond donors (Lipinski definition) is 2. The number of hydrogen-bond acceptors (Lipinski definition) is 4. The van der Waals surface area contributed by atoms with Gasteiger partial charge < -0.3 is 15.3 Å². The van der Waals surface area contributed by atoms with Crippen molar-refractivity contribution < 1.29 is 9.52 Å². The number of aromatic hydroxyl groups is 1. The highest BCUT2D eigenvalue weighted by atomic mass is 32.1. The number of fused-ring (bicyclic) bond motifs is 2. The molecule has 0 aliphatic heterocycles. The first-order chi connectivity index (χ1) is 6.75. The van der Waals surface area contributed by atoms with Gasteiger partial charge in [-0.2, -0.15) is 0 Å². The molecule has 3 nitrogen and oxygen atoms in total. The first-order valence-corrected chi connectivity index (χ1v) is 4.95. The van der Waals surface area contributed by atoms with Crippen LogP contribution in [-0.2, 0) is 0 Å². The molecule has 3 N–H and O–H groups in total. The molecule has 0 spiro atoms. The van der Waals surface area contributed by atoms with Gasteiger partial charge in [0, 0.05) is 15.5 Å². The normalized spacial score (nSPS) is 11.4. The molecule has 3 aromatic rings. The third kappa shape index (κ3) is 0.858. The molecule has 0 fully saturated rings. The van der Waals surface area contributed by atoms with Crippen molar-refractivity contribution in [3.8, 4) is 5.06 Å². The molecule has 14 heavy (non-hydrogen) atoms. The van der Waals surface area contributed by atoms with Crippen LogP contribution in [0.1, 0.15) is 0 Å². The largest absolute Gasteiger partial charge is 0.498 e. The Morgan fingerprint density at radius 3 is 3.07 bits per heavy atom. The fourth-order valence-electron chi connectivity index (χ4n) is 1.56. The lowest BCUT2D eigenvalue weighted by molar-refractivity contribution is 0.493. The van der Waals surface area contributed by atoms with Gasteiger partial charge in [0.25, 0.3) is 0 Å². The van der Waals surface area contributed by atoms with Crippen LogP contribution in [0, 0.1) is 0 Å². The smallest absolute Gasteiger partial charge is 0.196 e. The summed E-state index contributed by atoms with van der Waals surface area (Å²) in [6.07, 6.45) is 1.64. The van der Waals surface area contributed by atoms with Crippen LogP contribution in [0.3, 0.4) is 0 Å². The Labute approximate surface area is 83.4 Å². The summed E-state index contributed by atoms with van der Waals surface area (Å²) >= 11 is 1.27. The second-order valence-electron chi connectivity index (χ2n) is 3.13. The number of rotatable bonds is 0. The van der Waals surface area contributed by atoms with Crippen molar-refractivity contribution in [2.24, 2.45) is 0 Å². The molecule has 3 rings (SSSR count). The predicted octanol–water partition coefficient (Wildman–Crippen LogP) is 2.94. The molecule has 0 saturated heterocycles. The van der Waals surface area contributed by atoms with Gasteiger partial charge in [-0.1, -0.05) is 11.3 Å². The summed E-state index contributed by atoms with van der Waals surface area (Å²) in [5.74, 6) is 0. The summed E-state index contributed by atoms with van der Waals surface area (Å²) in [6.45, 7) is 0. The Morgan fingerprint density at radius 1 is 1.36 bits per heavy atom. The maximum atomic E-state index is 9.45. The van der Waals surface area contributed by atoms with Crippen LogP contribution in [0.2, 0.25) is 0 Å². The van der Waals surface area contributed by atoms with E-state index in [1.54, 1.807) is 6.26 Å². The highest BCUT2D eigenvalue weighted by Crippen LogP contribution is 2.40. The monoisotopic (exact) mass is 205 g/mol. The summed E-state index contributed by atoms with van der Waals surface area (Å²) in [5, 5.41) is 11.5. The fourth-order valence-corrected chi connectivity index (χ4v) is 2.43. The second-order valence-corrected chi connectivity index (χ2v) is 4.16. The maximum Gasteiger partial charge on any atom is 0.196 e. The number of nitrogens with two attached hydrogens (primary N) is 1. The molecule has 70 valence electrons. The molecule has 0 aliphatic carbocycles. The van der Waals surface area contributed by atoms with E-state index in [-0.39, 0.29) is 5.06 Å². The van der Waals surface area contributed by atoms with Gasteiger partial charge in [-0.05, 0) is 18.2 Å². The van der Waals surface area contributed by atoms with E-state index in [0.717, 1.165) is 21.1 Å². The summed E-state index contributed by atoms with van der Waals surface area (Å²) in [4.78, 5) is 0. The van der Waals surface area contributed by atoms with Crippen LogP contribution in [0.15, 0.2) is 28.9 Å². The number of furan rings is 1. The Bertz CT molecular complexity index is 623. The van der Waals surface area contributed by atoms with E-state index >= 15 is 0 Å². The van der Waals surface area contributed by atoms with Gasteiger partial charge in [-0.15, -0.1) is 0 Å². The van der Waals surface area contributed by atoms with Gasteiger partial charge in [0.05, 0.1) is 12.0 Å². The number of anilines is 1. The predicted molar refractivity (Wildman–Crippen MR) is 57.7 cm³/mol. The molecular weight excluding hydrogens is 198 g/mol. The van der Waals surface area contributed by atoms with Crippen LogP contribution < -0.4 is 5.73 Å². The first kappa shape index (κ1) is 7.70. The van der Waals surface area contributed by atoms with Crippen LogP contribution in [0.5, 0.6) is 5.06 Å². The summed E-state index contributed by atoms with van der Waals surface area (Å²) in [6, 6.07) is 5.70. The van der Waals surface area contributed by atoms with Gasteiger partial charge in [0.15, 0.2) is 5.06 Å². The fraction of sp³-hybridized carbons (Fsp3) is 0. The van der Waals surface area contributed by atoms with Crippen molar-refractivity contribution in [3.05, 3.63) is 24.5 Å². The average molecular weight is 205 g/mol. The van der Waals surface area contributed by atoms with E-state index in [1.165, 1.54) is 11.3 Å². The van der Waals surface area contributed by atoms with Crippen molar-refractivity contribution >= 4 is 38.1 Å². The number of thiophene rings is 1. The van der Waals surface area contributed by atoms with Crippen LogP contribution in [0.25, 0.3) is 21.1 Å². The lowest BCUT2D eigenvalue weighted by atomic mass is 10.2. The minimum absolute atomic E-state index is 0.174. The van der Waals surface area contributed by atoms with Crippen molar-refractivity contribution in [1.82, 2.24) is 0 Å². The van der Waals surface area contributed by atoms with E-state index in [9.17, 15) is 5.11 Å². The standard InChI is InChI=1S/C10H7NO2S/c11-9-6-3-5-1-2-13-7(5)4-8(6)14-10(9)12/h1-4,12H,11H2. The third-order valence-electron chi connectivity index (χ3n) is 2.28. The van der Waals surface area contributed by atoms with E-state index in [1.807, 2.05) is 18.2 Å².